The summed E-state index contributed by atoms with van der Waals surface area (Å²) in [6.07, 6.45) is 1.89. The van der Waals surface area contributed by atoms with Gasteiger partial charge in [0.1, 0.15) is 25.3 Å². The van der Waals surface area contributed by atoms with E-state index in [4.69, 9.17) is 19.9 Å². The number of nitrogens with two attached hydrogens (primary N) is 1. The average molecular weight is 661 g/mol. The number of ether oxygens (including phenoxy) is 3. The normalized spacial score (nSPS) is 13.7. The number of imide groups is 1. The highest BCUT2D eigenvalue weighted by molar-refractivity contribution is 6.12. The fourth-order valence-electron chi connectivity index (χ4n) is 4.09. The van der Waals surface area contributed by atoms with E-state index in [0.717, 1.165) is 10.5 Å². The summed E-state index contributed by atoms with van der Waals surface area (Å²) in [4.78, 5) is 85.8. The first-order valence-electron chi connectivity index (χ1n) is 15.2. The Morgan fingerprint density at radius 1 is 0.851 bits per heavy atom. The molecule has 0 spiro atoms. The van der Waals surface area contributed by atoms with Crippen molar-refractivity contribution in [2.45, 2.75) is 59.2 Å². The number of nitrogens with one attached hydrogen (secondary N) is 4. The van der Waals surface area contributed by atoms with Crippen LogP contribution in [0.1, 0.15) is 46.1 Å². The summed E-state index contributed by atoms with van der Waals surface area (Å²) in [5.74, 6) is -2.99. The number of hydrogen-bond acceptors (Lipinski definition) is 10. The van der Waals surface area contributed by atoms with Gasteiger partial charge >= 0.3 is 18.1 Å². The summed E-state index contributed by atoms with van der Waals surface area (Å²) in [6, 6.07) is 3.81. The first kappa shape index (κ1) is 38.2. The van der Waals surface area contributed by atoms with Gasteiger partial charge in [-0.1, -0.05) is 39.8 Å². The summed E-state index contributed by atoms with van der Waals surface area (Å²) in [5.41, 5.74) is 6.27. The Balaban J connectivity index is 1.91. The van der Waals surface area contributed by atoms with E-state index in [9.17, 15) is 33.6 Å². The molecule has 7 amide bonds. The van der Waals surface area contributed by atoms with E-state index in [-0.39, 0.29) is 63.7 Å². The van der Waals surface area contributed by atoms with Crippen molar-refractivity contribution in [3.8, 4) is 0 Å². The molecule has 16 nitrogen and oxygen atoms in total. The van der Waals surface area contributed by atoms with Gasteiger partial charge in [0, 0.05) is 24.4 Å². The average Bonchev–Trinajstić information content (AvgIpc) is 3.34. The van der Waals surface area contributed by atoms with Crippen LogP contribution < -0.4 is 27.0 Å². The van der Waals surface area contributed by atoms with Crippen LogP contribution in [0.3, 0.4) is 0 Å². The standard InChI is InChI=1S/C31H44N6O10/c1-19(2)26(36-31(44)46-17-16-45-15-14-37-24(38)11-12-25(37)39)28(41)35-23(6-5-13-33-30(32)43)27(40)34-22-9-7-21(8-10-22)18-47-29(42)20(3)4/h7-12,19-20,23,26H,5-6,13-18H2,1-4H3,(H,34,40)(H,35,41)(H,36,44)(H3,32,33,43)/t23-,26-/m0/s1. The number of rotatable bonds is 19. The largest absolute Gasteiger partial charge is 0.461 e. The number of benzene rings is 1. The van der Waals surface area contributed by atoms with Gasteiger partial charge in [-0.2, -0.15) is 0 Å². The van der Waals surface area contributed by atoms with Crippen LogP contribution in [-0.4, -0.2) is 91.6 Å². The van der Waals surface area contributed by atoms with Crippen molar-refractivity contribution in [2.24, 2.45) is 17.6 Å². The Morgan fingerprint density at radius 2 is 1.51 bits per heavy atom. The summed E-state index contributed by atoms with van der Waals surface area (Å²) in [6.45, 7) is 7.06. The number of primary amides is 1. The number of nitrogens with zero attached hydrogens (tertiary/aromatic N) is 1. The van der Waals surface area contributed by atoms with Crippen LogP contribution in [0.4, 0.5) is 15.3 Å². The smallest absolute Gasteiger partial charge is 0.407 e. The van der Waals surface area contributed by atoms with Gasteiger partial charge in [-0.25, -0.2) is 9.59 Å². The minimum absolute atomic E-state index is 0.0126. The molecule has 16 heteroatoms. The number of esters is 1. The van der Waals surface area contributed by atoms with E-state index in [2.05, 4.69) is 21.3 Å². The molecule has 258 valence electrons. The fraction of sp³-hybridized carbons (Fsp3) is 0.516. The number of hydrogen-bond donors (Lipinski definition) is 5. The lowest BCUT2D eigenvalue weighted by Crippen LogP contribution is -2.54. The van der Waals surface area contributed by atoms with E-state index >= 15 is 0 Å². The zero-order valence-electron chi connectivity index (χ0n) is 27.0. The van der Waals surface area contributed by atoms with Gasteiger partial charge < -0.3 is 41.2 Å². The van der Waals surface area contributed by atoms with Crippen molar-refractivity contribution in [1.29, 1.82) is 0 Å². The summed E-state index contributed by atoms with van der Waals surface area (Å²) >= 11 is 0. The predicted molar refractivity (Wildman–Crippen MR) is 168 cm³/mol. The maximum absolute atomic E-state index is 13.3. The second-order valence-electron chi connectivity index (χ2n) is 11.2. The first-order chi connectivity index (χ1) is 22.3. The summed E-state index contributed by atoms with van der Waals surface area (Å²) in [7, 11) is 0. The number of alkyl carbamates (subject to hydrolysis) is 1. The maximum Gasteiger partial charge on any atom is 0.407 e. The van der Waals surface area contributed by atoms with Gasteiger partial charge in [0.15, 0.2) is 0 Å². The Morgan fingerprint density at radius 3 is 2.11 bits per heavy atom. The van der Waals surface area contributed by atoms with Crippen molar-refractivity contribution in [3.05, 3.63) is 42.0 Å². The van der Waals surface area contributed by atoms with Crippen LogP contribution >= 0.6 is 0 Å². The second-order valence-corrected chi connectivity index (χ2v) is 11.2. The van der Waals surface area contributed by atoms with Gasteiger partial charge in [0.05, 0.1) is 25.7 Å². The van der Waals surface area contributed by atoms with E-state index in [1.165, 1.54) is 12.2 Å². The molecule has 1 aliphatic rings. The lowest BCUT2D eigenvalue weighted by atomic mass is 10.0. The highest BCUT2D eigenvalue weighted by Gasteiger charge is 2.29. The molecule has 1 aliphatic heterocycles. The molecule has 1 aromatic rings. The van der Waals surface area contributed by atoms with Gasteiger partial charge in [-0.3, -0.25) is 28.9 Å². The maximum atomic E-state index is 13.3. The molecule has 47 heavy (non-hydrogen) atoms. The highest BCUT2D eigenvalue weighted by Crippen LogP contribution is 2.13. The lowest BCUT2D eigenvalue weighted by Gasteiger charge is -2.25. The zero-order chi connectivity index (χ0) is 34.9. The minimum atomic E-state index is -1.06. The van der Waals surface area contributed by atoms with Gasteiger partial charge in [0.2, 0.25) is 11.8 Å². The monoisotopic (exact) mass is 660 g/mol. The molecule has 1 aromatic carbocycles. The molecule has 0 bridgehead atoms. The highest BCUT2D eigenvalue weighted by atomic mass is 16.6. The van der Waals surface area contributed by atoms with E-state index < -0.39 is 47.8 Å². The molecule has 0 aromatic heterocycles. The van der Waals surface area contributed by atoms with Crippen LogP contribution in [0.15, 0.2) is 36.4 Å². The number of carbonyl (C=O) groups is 7. The van der Waals surface area contributed by atoms with Crippen molar-refractivity contribution in [3.63, 3.8) is 0 Å². The van der Waals surface area contributed by atoms with Crippen molar-refractivity contribution in [2.75, 3.05) is 38.2 Å². The van der Waals surface area contributed by atoms with E-state index in [1.54, 1.807) is 52.0 Å². The van der Waals surface area contributed by atoms with E-state index in [0.29, 0.717) is 12.1 Å². The Bertz CT molecular complexity index is 1280. The summed E-state index contributed by atoms with van der Waals surface area (Å²) < 4.78 is 15.6. The first-order valence-corrected chi connectivity index (χ1v) is 15.2. The SMILES string of the molecule is CC(C)C(=O)OCc1ccc(NC(=O)[C@H](CCCNC(N)=O)NC(=O)[C@@H](NC(=O)OCCOCCN2C(=O)C=CC2=O)C(C)C)cc1. The molecule has 6 N–H and O–H groups in total. The third kappa shape index (κ3) is 13.9. The minimum Gasteiger partial charge on any atom is -0.461 e. The molecule has 1 heterocycles. The predicted octanol–water partition coefficient (Wildman–Crippen LogP) is 0.950. The Kier molecular flexibility index (Phi) is 15.9. The third-order valence-electron chi connectivity index (χ3n) is 6.72. The Hall–Kier alpha value is -4.99. The zero-order valence-corrected chi connectivity index (χ0v) is 27.0. The van der Waals surface area contributed by atoms with Gasteiger partial charge in [-0.05, 0) is 36.5 Å². The van der Waals surface area contributed by atoms with Gasteiger partial charge in [-0.15, -0.1) is 0 Å². The molecular weight excluding hydrogens is 616 g/mol. The molecule has 0 fully saturated rings. The van der Waals surface area contributed by atoms with Crippen LogP contribution in [0.2, 0.25) is 0 Å². The number of amides is 7. The molecule has 0 aliphatic carbocycles. The topological polar surface area (TPSA) is 225 Å². The quantitative estimate of drug-likeness (QED) is 0.0802. The molecule has 0 saturated heterocycles. The van der Waals surface area contributed by atoms with Crippen LogP contribution in [0.5, 0.6) is 0 Å². The lowest BCUT2D eigenvalue weighted by molar-refractivity contribution is -0.148. The van der Waals surface area contributed by atoms with Crippen molar-refractivity contribution >= 4 is 47.4 Å². The molecule has 2 atom stereocenters. The van der Waals surface area contributed by atoms with Crippen molar-refractivity contribution in [1.82, 2.24) is 20.9 Å². The number of carbonyl (C=O) groups excluding carboxylic acids is 7. The third-order valence-corrected chi connectivity index (χ3v) is 6.72. The molecule has 0 unspecified atom stereocenters. The van der Waals surface area contributed by atoms with Crippen LogP contribution in [-0.2, 0) is 44.8 Å². The second kappa shape index (κ2) is 19.5. The van der Waals surface area contributed by atoms with Gasteiger partial charge in [0.25, 0.3) is 11.8 Å². The number of anilines is 1. The van der Waals surface area contributed by atoms with Crippen LogP contribution in [0.25, 0.3) is 0 Å². The van der Waals surface area contributed by atoms with Crippen molar-refractivity contribution < 1.29 is 47.8 Å². The van der Waals surface area contributed by atoms with Crippen LogP contribution in [0, 0.1) is 11.8 Å². The molecule has 2 rings (SSSR count). The molecule has 0 radical (unpaired) electrons. The molecule has 0 saturated carbocycles. The van der Waals surface area contributed by atoms with E-state index in [1.807, 2.05) is 0 Å². The molecular formula is C31H44N6O10. The summed E-state index contributed by atoms with van der Waals surface area (Å²) in [5, 5.41) is 10.3. The fourth-order valence-corrected chi connectivity index (χ4v) is 4.09. The Labute approximate surface area is 273 Å². The number of urea groups is 1.